The number of nitrogen functional groups attached to an aromatic ring is 1. The molecule has 0 unspecified atom stereocenters. The number of aromatic nitrogens is 2. The van der Waals surface area contributed by atoms with Gasteiger partial charge in [0.05, 0.1) is 15.6 Å². The van der Waals surface area contributed by atoms with Crippen molar-refractivity contribution in [3.8, 4) is 11.3 Å². The predicted molar refractivity (Wildman–Crippen MR) is 128 cm³/mol. The summed E-state index contributed by atoms with van der Waals surface area (Å²) in [6, 6.07) is 7.97. The SMILES string of the molecule is CN1CCC(NC(=O)c2cc3c(-c4ccc(CI)cc4Cl)nc(N)nc3s2)CC1. The summed E-state index contributed by atoms with van der Waals surface area (Å²) in [6.07, 6.45) is 1.92. The number of hydrogen-bond acceptors (Lipinski definition) is 6. The highest BCUT2D eigenvalue weighted by Gasteiger charge is 2.22. The Bertz CT molecular complexity index is 1060. The van der Waals surface area contributed by atoms with Crippen LogP contribution in [0.2, 0.25) is 5.02 Å². The molecule has 1 fully saturated rings. The first-order valence-corrected chi connectivity index (χ1v) is 12.1. The lowest BCUT2D eigenvalue weighted by Crippen LogP contribution is -2.43. The maximum absolute atomic E-state index is 12.8. The molecule has 3 heterocycles. The highest BCUT2D eigenvalue weighted by atomic mass is 127. The van der Waals surface area contributed by atoms with Crippen molar-refractivity contribution >= 4 is 67.6 Å². The third-order valence-corrected chi connectivity index (χ3v) is 7.35. The lowest BCUT2D eigenvalue weighted by Gasteiger charge is -2.29. The fraction of sp³-hybridized carbons (Fsp3) is 0.350. The predicted octanol–water partition coefficient (Wildman–Crippen LogP) is 4.35. The number of carbonyl (C=O) groups is 1. The summed E-state index contributed by atoms with van der Waals surface area (Å²) >= 11 is 10.2. The fourth-order valence-corrected chi connectivity index (χ4v) is 5.21. The Morgan fingerprint density at radius 3 is 2.79 bits per heavy atom. The quantitative estimate of drug-likeness (QED) is 0.379. The molecule has 0 atom stereocenters. The van der Waals surface area contributed by atoms with Gasteiger partial charge < -0.3 is 16.0 Å². The fourth-order valence-electron chi connectivity index (χ4n) is 3.50. The van der Waals surface area contributed by atoms with E-state index in [9.17, 15) is 4.79 Å². The lowest BCUT2D eigenvalue weighted by atomic mass is 10.1. The van der Waals surface area contributed by atoms with Gasteiger partial charge in [-0.3, -0.25) is 4.79 Å². The van der Waals surface area contributed by atoms with Gasteiger partial charge in [-0.25, -0.2) is 9.97 Å². The molecule has 0 aliphatic carbocycles. The van der Waals surface area contributed by atoms with Crippen LogP contribution in [0.4, 0.5) is 5.95 Å². The molecule has 1 saturated heterocycles. The summed E-state index contributed by atoms with van der Waals surface area (Å²) in [5.41, 5.74) is 8.54. The number of likely N-dealkylation sites (tertiary alicyclic amines) is 1. The van der Waals surface area contributed by atoms with Crippen LogP contribution in [0.25, 0.3) is 21.5 Å². The van der Waals surface area contributed by atoms with Crippen molar-refractivity contribution in [3.63, 3.8) is 0 Å². The molecule has 6 nitrogen and oxygen atoms in total. The number of hydrogen-bond donors (Lipinski definition) is 2. The molecule has 1 aliphatic heterocycles. The van der Waals surface area contributed by atoms with E-state index < -0.39 is 0 Å². The molecule has 0 bridgehead atoms. The van der Waals surface area contributed by atoms with Crippen LogP contribution in [0.5, 0.6) is 0 Å². The zero-order valence-electron chi connectivity index (χ0n) is 15.9. The van der Waals surface area contributed by atoms with Crippen molar-refractivity contribution in [2.75, 3.05) is 25.9 Å². The van der Waals surface area contributed by atoms with E-state index in [-0.39, 0.29) is 17.9 Å². The largest absolute Gasteiger partial charge is 0.368 e. The molecule has 3 aromatic rings. The number of nitrogens with one attached hydrogen (secondary N) is 1. The average molecular weight is 542 g/mol. The molecule has 0 radical (unpaired) electrons. The molecule has 1 aromatic carbocycles. The summed E-state index contributed by atoms with van der Waals surface area (Å²) in [4.78, 5) is 25.2. The molecule has 3 N–H and O–H groups in total. The summed E-state index contributed by atoms with van der Waals surface area (Å²) in [5, 5.41) is 4.56. The van der Waals surface area contributed by atoms with E-state index in [0.717, 1.165) is 46.9 Å². The average Bonchev–Trinajstić information content (AvgIpc) is 3.13. The number of halogens is 2. The third-order valence-electron chi connectivity index (χ3n) is 5.13. The Morgan fingerprint density at radius 2 is 2.10 bits per heavy atom. The van der Waals surface area contributed by atoms with Crippen LogP contribution in [0.15, 0.2) is 24.3 Å². The number of amides is 1. The number of alkyl halides is 1. The topological polar surface area (TPSA) is 84.1 Å². The molecule has 1 amide bonds. The van der Waals surface area contributed by atoms with E-state index in [0.29, 0.717) is 20.4 Å². The van der Waals surface area contributed by atoms with Gasteiger partial charge in [0.25, 0.3) is 5.91 Å². The first-order chi connectivity index (χ1) is 13.9. The minimum atomic E-state index is -0.0709. The standard InChI is InChI=1S/C20H21ClIN5OS/c1-27-6-4-12(5-7-27)24-18(28)16-9-14-17(25-20(23)26-19(14)29-16)13-3-2-11(10-22)8-15(13)21/h2-3,8-9,12H,4-7,10H2,1H3,(H,24,28)(H2,23,25,26). The highest BCUT2D eigenvalue weighted by Crippen LogP contribution is 2.36. The zero-order valence-corrected chi connectivity index (χ0v) is 19.6. The number of benzene rings is 1. The van der Waals surface area contributed by atoms with Crippen molar-refractivity contribution in [1.82, 2.24) is 20.2 Å². The number of nitrogens with two attached hydrogens (primary N) is 1. The van der Waals surface area contributed by atoms with Gasteiger partial charge in [0, 0.05) is 21.4 Å². The van der Waals surface area contributed by atoms with Crippen LogP contribution in [0.1, 0.15) is 28.1 Å². The smallest absolute Gasteiger partial charge is 0.261 e. The number of rotatable bonds is 4. The second kappa shape index (κ2) is 8.71. The van der Waals surface area contributed by atoms with Gasteiger partial charge in [0.15, 0.2) is 0 Å². The van der Waals surface area contributed by atoms with E-state index in [4.69, 9.17) is 17.3 Å². The van der Waals surface area contributed by atoms with E-state index in [2.05, 4.69) is 49.8 Å². The minimum absolute atomic E-state index is 0.0709. The minimum Gasteiger partial charge on any atom is -0.368 e. The third kappa shape index (κ3) is 4.50. The molecule has 0 spiro atoms. The van der Waals surface area contributed by atoms with Gasteiger partial charge in [-0.1, -0.05) is 46.3 Å². The zero-order chi connectivity index (χ0) is 20.5. The molecule has 9 heteroatoms. The van der Waals surface area contributed by atoms with Crippen LogP contribution >= 0.6 is 45.5 Å². The van der Waals surface area contributed by atoms with E-state index in [1.165, 1.54) is 11.3 Å². The Labute approximate surface area is 192 Å². The second-order valence-electron chi connectivity index (χ2n) is 7.26. The second-order valence-corrected chi connectivity index (χ2v) is 9.46. The first kappa shape index (κ1) is 20.8. The van der Waals surface area contributed by atoms with Crippen molar-refractivity contribution < 1.29 is 4.79 Å². The molecule has 4 rings (SSSR count). The van der Waals surface area contributed by atoms with Crippen molar-refractivity contribution in [2.24, 2.45) is 0 Å². The normalized spacial score (nSPS) is 15.7. The summed E-state index contributed by atoms with van der Waals surface area (Å²) in [5.74, 6) is 0.101. The molecule has 1 aliphatic rings. The van der Waals surface area contributed by atoms with Crippen molar-refractivity contribution in [2.45, 2.75) is 23.3 Å². The Balaban J connectivity index is 1.67. The number of nitrogens with zero attached hydrogens (tertiary/aromatic N) is 3. The number of fused-ring (bicyclic) bond motifs is 1. The van der Waals surface area contributed by atoms with E-state index in [1.54, 1.807) is 0 Å². The van der Waals surface area contributed by atoms with Gasteiger partial charge in [0.1, 0.15) is 4.83 Å². The van der Waals surface area contributed by atoms with Crippen LogP contribution in [0.3, 0.4) is 0 Å². The summed E-state index contributed by atoms with van der Waals surface area (Å²) < 4.78 is 0.874. The number of thiophene rings is 1. The number of carbonyl (C=O) groups excluding carboxylic acids is 1. The van der Waals surface area contributed by atoms with Crippen LogP contribution < -0.4 is 11.1 Å². The van der Waals surface area contributed by atoms with E-state index in [1.807, 2.05) is 24.3 Å². The molecular formula is C20H21ClIN5OS. The van der Waals surface area contributed by atoms with Gasteiger partial charge >= 0.3 is 0 Å². The number of anilines is 1. The highest BCUT2D eigenvalue weighted by molar-refractivity contribution is 14.1. The van der Waals surface area contributed by atoms with Crippen LogP contribution in [0, 0.1) is 0 Å². The van der Waals surface area contributed by atoms with Gasteiger partial charge in [-0.05, 0) is 50.7 Å². The Hall–Kier alpha value is -1.49. The van der Waals surface area contributed by atoms with Gasteiger partial charge in [-0.15, -0.1) is 11.3 Å². The van der Waals surface area contributed by atoms with Crippen LogP contribution in [-0.4, -0.2) is 47.0 Å². The lowest BCUT2D eigenvalue weighted by molar-refractivity contribution is 0.0921. The van der Waals surface area contributed by atoms with Crippen LogP contribution in [-0.2, 0) is 4.43 Å². The van der Waals surface area contributed by atoms with Gasteiger partial charge in [0.2, 0.25) is 5.95 Å². The van der Waals surface area contributed by atoms with Crippen molar-refractivity contribution in [3.05, 3.63) is 39.7 Å². The maximum atomic E-state index is 12.8. The molecule has 152 valence electrons. The molecule has 29 heavy (non-hydrogen) atoms. The molecular weight excluding hydrogens is 521 g/mol. The Morgan fingerprint density at radius 1 is 1.34 bits per heavy atom. The number of piperidine rings is 1. The van der Waals surface area contributed by atoms with E-state index >= 15 is 0 Å². The van der Waals surface area contributed by atoms with Gasteiger partial charge in [-0.2, -0.15) is 0 Å². The summed E-state index contributed by atoms with van der Waals surface area (Å²) in [7, 11) is 2.10. The molecule has 0 saturated carbocycles. The summed E-state index contributed by atoms with van der Waals surface area (Å²) in [6.45, 7) is 1.99. The maximum Gasteiger partial charge on any atom is 0.261 e. The monoisotopic (exact) mass is 541 g/mol. The first-order valence-electron chi connectivity index (χ1n) is 9.36. The molecule has 2 aromatic heterocycles. The van der Waals surface area contributed by atoms with Crippen molar-refractivity contribution in [1.29, 1.82) is 0 Å². The Kier molecular flexibility index (Phi) is 6.24.